The third-order valence-corrected chi connectivity index (χ3v) is 3.19. The van der Waals surface area contributed by atoms with Crippen LogP contribution >= 0.6 is 15.9 Å². The Morgan fingerprint density at radius 3 is 2.39 bits per heavy atom. The number of hydrogen-bond donors (Lipinski definition) is 2. The van der Waals surface area contributed by atoms with Crippen molar-refractivity contribution >= 4 is 33.8 Å². The Kier molecular flexibility index (Phi) is 6.26. The van der Waals surface area contributed by atoms with Gasteiger partial charge < -0.3 is 10.1 Å². The van der Waals surface area contributed by atoms with Gasteiger partial charge in [0.15, 0.2) is 6.10 Å². The van der Waals surface area contributed by atoms with Gasteiger partial charge in [0.05, 0.1) is 5.56 Å². The number of carbonyl (C=O) groups excluding carboxylic acids is 3. The number of rotatable bonds is 3. The van der Waals surface area contributed by atoms with Crippen LogP contribution in [0.2, 0.25) is 0 Å². The summed E-state index contributed by atoms with van der Waals surface area (Å²) in [5.41, 5.74) is -0.436. The number of halogens is 2. The van der Waals surface area contributed by atoms with Crippen LogP contribution in [0.3, 0.4) is 0 Å². The molecule has 1 aromatic carbocycles. The molecule has 0 spiro atoms. The van der Waals surface area contributed by atoms with Crippen molar-refractivity contribution in [2.75, 3.05) is 0 Å². The van der Waals surface area contributed by atoms with E-state index in [0.29, 0.717) is 0 Å². The molecular weight excluding hydrogens is 371 g/mol. The highest BCUT2D eigenvalue weighted by Crippen LogP contribution is 2.19. The third kappa shape index (κ3) is 6.35. The van der Waals surface area contributed by atoms with Crippen LogP contribution in [0.4, 0.5) is 9.18 Å². The van der Waals surface area contributed by atoms with Gasteiger partial charge in [0.1, 0.15) is 5.82 Å². The summed E-state index contributed by atoms with van der Waals surface area (Å²) in [4.78, 5) is 35.4. The number of imide groups is 1. The van der Waals surface area contributed by atoms with Crippen molar-refractivity contribution in [3.8, 4) is 0 Å². The van der Waals surface area contributed by atoms with Crippen molar-refractivity contribution in [1.82, 2.24) is 10.6 Å². The normalized spacial score (nSPS) is 12.3. The minimum atomic E-state index is -1.19. The summed E-state index contributed by atoms with van der Waals surface area (Å²) in [5.74, 6) is -2.09. The molecule has 0 bridgehead atoms. The predicted octanol–water partition coefficient (Wildman–Crippen LogP) is 2.76. The molecule has 126 valence electrons. The predicted molar refractivity (Wildman–Crippen MR) is 85.4 cm³/mol. The molecule has 8 heteroatoms. The number of hydrogen-bond acceptors (Lipinski definition) is 4. The van der Waals surface area contributed by atoms with E-state index in [4.69, 9.17) is 4.74 Å². The smallest absolute Gasteiger partial charge is 0.340 e. The van der Waals surface area contributed by atoms with E-state index >= 15 is 0 Å². The Labute approximate surface area is 141 Å². The Morgan fingerprint density at radius 2 is 1.87 bits per heavy atom. The van der Waals surface area contributed by atoms with Crippen LogP contribution in [0, 0.1) is 5.82 Å². The lowest BCUT2D eigenvalue weighted by molar-refractivity contribution is -0.127. The van der Waals surface area contributed by atoms with Gasteiger partial charge in [-0.2, -0.15) is 0 Å². The fraction of sp³-hybridized carbons (Fsp3) is 0.400. The average Bonchev–Trinajstić information content (AvgIpc) is 2.35. The van der Waals surface area contributed by atoms with Gasteiger partial charge in [-0.05, 0) is 61.8 Å². The molecule has 0 saturated carbocycles. The number of urea groups is 1. The van der Waals surface area contributed by atoms with Crippen LogP contribution in [0.1, 0.15) is 38.1 Å². The highest BCUT2D eigenvalue weighted by molar-refractivity contribution is 9.10. The molecule has 1 rings (SSSR count). The Hall–Kier alpha value is -1.96. The molecule has 1 aromatic rings. The fourth-order valence-electron chi connectivity index (χ4n) is 1.52. The van der Waals surface area contributed by atoms with Crippen LogP contribution < -0.4 is 10.6 Å². The summed E-state index contributed by atoms with van der Waals surface area (Å²) in [5, 5.41) is 4.62. The molecule has 0 saturated heterocycles. The summed E-state index contributed by atoms with van der Waals surface area (Å²) in [6.45, 7) is 6.60. The first-order valence-corrected chi connectivity index (χ1v) is 7.58. The summed E-state index contributed by atoms with van der Waals surface area (Å²) in [7, 11) is 0. The van der Waals surface area contributed by atoms with E-state index in [9.17, 15) is 18.8 Å². The highest BCUT2D eigenvalue weighted by atomic mass is 79.9. The maximum absolute atomic E-state index is 13.0. The molecule has 0 radical (unpaired) electrons. The van der Waals surface area contributed by atoms with Crippen LogP contribution in [0.25, 0.3) is 0 Å². The van der Waals surface area contributed by atoms with Crippen molar-refractivity contribution in [2.45, 2.75) is 39.3 Å². The molecule has 2 N–H and O–H groups in total. The lowest BCUT2D eigenvalue weighted by Crippen LogP contribution is -2.50. The lowest BCUT2D eigenvalue weighted by Gasteiger charge is -2.21. The van der Waals surface area contributed by atoms with E-state index < -0.39 is 35.4 Å². The third-order valence-electron chi connectivity index (χ3n) is 2.53. The SMILES string of the molecule is C[C@@H](OC(=O)c1ccc(F)cc1Br)C(=O)NC(=O)NC(C)(C)C. The van der Waals surface area contributed by atoms with Crippen LogP contribution in [-0.4, -0.2) is 29.6 Å². The zero-order valence-corrected chi connectivity index (χ0v) is 14.8. The summed E-state index contributed by atoms with van der Waals surface area (Å²) in [6.07, 6.45) is -1.19. The highest BCUT2D eigenvalue weighted by Gasteiger charge is 2.23. The maximum Gasteiger partial charge on any atom is 0.340 e. The monoisotopic (exact) mass is 388 g/mol. The van der Waals surface area contributed by atoms with Crippen LogP contribution in [0.5, 0.6) is 0 Å². The van der Waals surface area contributed by atoms with E-state index in [-0.39, 0.29) is 10.0 Å². The van der Waals surface area contributed by atoms with Gasteiger partial charge in [-0.1, -0.05) is 0 Å². The van der Waals surface area contributed by atoms with Gasteiger partial charge >= 0.3 is 12.0 Å². The molecule has 3 amide bonds. The molecule has 6 nitrogen and oxygen atoms in total. The van der Waals surface area contributed by atoms with Crippen LogP contribution in [-0.2, 0) is 9.53 Å². The van der Waals surface area contributed by atoms with Crippen molar-refractivity contribution in [1.29, 1.82) is 0 Å². The number of benzene rings is 1. The number of amides is 3. The lowest BCUT2D eigenvalue weighted by atomic mass is 10.1. The minimum absolute atomic E-state index is 0.0743. The maximum atomic E-state index is 13.0. The minimum Gasteiger partial charge on any atom is -0.449 e. The molecular formula is C15H18BrFN2O4. The van der Waals surface area contributed by atoms with Crippen molar-refractivity contribution in [3.63, 3.8) is 0 Å². The number of nitrogens with one attached hydrogen (secondary N) is 2. The van der Waals surface area contributed by atoms with Gasteiger partial charge in [-0.25, -0.2) is 14.0 Å². The zero-order chi connectivity index (χ0) is 17.8. The molecule has 0 aliphatic rings. The summed E-state index contributed by atoms with van der Waals surface area (Å²) >= 11 is 3.04. The first-order valence-electron chi connectivity index (χ1n) is 6.78. The first kappa shape index (κ1) is 19.1. The van der Waals surface area contributed by atoms with Gasteiger partial charge in [-0.3, -0.25) is 10.1 Å². The van der Waals surface area contributed by atoms with E-state index in [1.807, 2.05) is 0 Å². The molecule has 1 atom stereocenters. The van der Waals surface area contributed by atoms with E-state index in [0.717, 1.165) is 12.1 Å². The Morgan fingerprint density at radius 1 is 1.26 bits per heavy atom. The number of esters is 1. The van der Waals surface area contributed by atoms with Crippen LogP contribution in [0.15, 0.2) is 22.7 Å². The molecule has 0 unspecified atom stereocenters. The van der Waals surface area contributed by atoms with E-state index in [1.165, 1.54) is 13.0 Å². The topological polar surface area (TPSA) is 84.5 Å². The number of ether oxygens (including phenoxy) is 1. The summed E-state index contributed by atoms with van der Waals surface area (Å²) in [6, 6.07) is 2.76. The van der Waals surface area contributed by atoms with Gasteiger partial charge in [-0.15, -0.1) is 0 Å². The molecule has 23 heavy (non-hydrogen) atoms. The molecule has 0 aliphatic heterocycles. The number of carbonyl (C=O) groups is 3. The van der Waals surface area contributed by atoms with Gasteiger partial charge in [0, 0.05) is 10.0 Å². The average molecular weight is 389 g/mol. The Bertz CT molecular complexity index is 628. The van der Waals surface area contributed by atoms with Crippen molar-refractivity contribution in [2.24, 2.45) is 0 Å². The molecule has 0 aromatic heterocycles. The second-order valence-corrected chi connectivity index (χ2v) is 6.72. The molecule has 0 fully saturated rings. The fourth-order valence-corrected chi connectivity index (χ4v) is 2.03. The first-order chi connectivity index (χ1) is 10.5. The van der Waals surface area contributed by atoms with Gasteiger partial charge in [0.2, 0.25) is 0 Å². The quantitative estimate of drug-likeness (QED) is 0.779. The Balaban J connectivity index is 2.64. The van der Waals surface area contributed by atoms with Gasteiger partial charge in [0.25, 0.3) is 5.91 Å². The van der Waals surface area contributed by atoms with Crippen molar-refractivity contribution in [3.05, 3.63) is 34.1 Å². The molecule has 0 heterocycles. The standard InChI is InChI=1S/C15H18BrFN2O4/c1-8(12(20)18-14(22)19-15(2,3)4)23-13(21)10-6-5-9(17)7-11(10)16/h5-8H,1-4H3,(H2,18,19,20,22)/t8-/m1/s1. The largest absolute Gasteiger partial charge is 0.449 e. The van der Waals surface area contributed by atoms with Crippen molar-refractivity contribution < 1.29 is 23.5 Å². The molecule has 0 aliphatic carbocycles. The second kappa shape index (κ2) is 7.54. The zero-order valence-electron chi connectivity index (χ0n) is 13.2. The van der Waals surface area contributed by atoms with E-state index in [1.54, 1.807) is 20.8 Å². The van der Waals surface area contributed by atoms with E-state index in [2.05, 4.69) is 26.6 Å². The second-order valence-electron chi connectivity index (χ2n) is 5.87. The summed E-state index contributed by atoms with van der Waals surface area (Å²) < 4.78 is 18.2.